The second kappa shape index (κ2) is 2.62. The quantitative estimate of drug-likeness (QED) is 0.666. The van der Waals surface area contributed by atoms with Crippen LogP contribution in [0.1, 0.15) is 0 Å². The van der Waals surface area contributed by atoms with E-state index in [1.165, 1.54) is 8.47 Å². The number of hydrogen-bond donors (Lipinski definition) is 0. The van der Waals surface area contributed by atoms with E-state index in [9.17, 15) is 0 Å². The molecule has 0 spiro atoms. The van der Waals surface area contributed by atoms with Crippen LogP contribution in [-0.2, 0) is 0 Å². The monoisotopic (exact) mass is 264 g/mol. The van der Waals surface area contributed by atoms with Gasteiger partial charge in [0, 0.05) is 3.57 Å². The van der Waals surface area contributed by atoms with Crippen LogP contribution in [0.5, 0.6) is 5.75 Å². The minimum atomic E-state index is 0.773. The summed E-state index contributed by atoms with van der Waals surface area (Å²) in [4.78, 5) is 1.27. The predicted molar refractivity (Wildman–Crippen MR) is 50.5 cm³/mol. The maximum atomic E-state index is 5.31. The van der Waals surface area contributed by atoms with E-state index < -0.39 is 0 Å². The first-order valence-corrected chi connectivity index (χ1v) is 4.98. The molecule has 0 fully saturated rings. The first-order valence-electron chi connectivity index (χ1n) is 2.91. The van der Waals surface area contributed by atoms with Crippen molar-refractivity contribution in [1.82, 2.24) is 0 Å². The molecule has 0 aromatic heterocycles. The van der Waals surface area contributed by atoms with Gasteiger partial charge in [0.25, 0.3) is 0 Å². The third-order valence-corrected chi connectivity index (χ3v) is 2.87. The first-order chi connectivity index (χ1) is 4.86. The molecule has 0 bridgehead atoms. The molecule has 10 heavy (non-hydrogen) atoms. The van der Waals surface area contributed by atoms with E-state index in [0.717, 1.165) is 11.7 Å². The zero-order valence-electron chi connectivity index (χ0n) is 5.13. The third-order valence-electron chi connectivity index (χ3n) is 1.33. The van der Waals surface area contributed by atoms with Crippen LogP contribution in [0, 0.1) is 3.57 Å². The number of hydrogen-bond acceptors (Lipinski definition) is 2. The van der Waals surface area contributed by atoms with Crippen LogP contribution in [0.25, 0.3) is 0 Å². The Labute approximate surface area is 77.3 Å². The van der Waals surface area contributed by atoms with Crippen molar-refractivity contribution in [2.45, 2.75) is 4.90 Å². The molecule has 3 heteroatoms. The van der Waals surface area contributed by atoms with Gasteiger partial charge in [0.05, 0.1) is 4.90 Å². The van der Waals surface area contributed by atoms with Gasteiger partial charge >= 0.3 is 0 Å². The molecule has 0 atom stereocenters. The highest BCUT2D eigenvalue weighted by Gasteiger charge is 2.11. The fourth-order valence-electron chi connectivity index (χ4n) is 0.870. The number of thioether (sulfide) groups is 1. The number of ether oxygens (including phenoxy) is 1. The van der Waals surface area contributed by atoms with E-state index in [1.54, 1.807) is 11.8 Å². The van der Waals surface area contributed by atoms with Gasteiger partial charge < -0.3 is 4.74 Å². The van der Waals surface area contributed by atoms with Crippen molar-refractivity contribution >= 4 is 34.4 Å². The Morgan fingerprint density at radius 2 is 2.40 bits per heavy atom. The van der Waals surface area contributed by atoms with Crippen molar-refractivity contribution in [2.24, 2.45) is 0 Å². The number of rotatable bonds is 0. The van der Waals surface area contributed by atoms with Crippen molar-refractivity contribution in [1.29, 1.82) is 0 Å². The number of benzene rings is 1. The summed E-state index contributed by atoms with van der Waals surface area (Å²) in [5.74, 6) is 1.81. The topological polar surface area (TPSA) is 9.23 Å². The summed E-state index contributed by atoms with van der Waals surface area (Å²) in [6.45, 7) is 0. The molecule has 1 aromatic carbocycles. The van der Waals surface area contributed by atoms with Gasteiger partial charge in [0.2, 0.25) is 0 Å². The first kappa shape index (κ1) is 6.79. The van der Waals surface area contributed by atoms with E-state index >= 15 is 0 Å². The second-order valence-electron chi connectivity index (χ2n) is 2.00. The highest BCUT2D eigenvalue weighted by atomic mass is 127. The Hall–Kier alpha value is 0.1000. The van der Waals surface area contributed by atoms with Crippen molar-refractivity contribution in [3.05, 3.63) is 21.8 Å². The van der Waals surface area contributed by atoms with Gasteiger partial charge in [0.15, 0.2) is 0 Å². The molecule has 0 N–H and O–H groups in total. The zero-order chi connectivity index (χ0) is 6.97. The molecule has 2 rings (SSSR count). The molecule has 1 aromatic rings. The molecule has 0 saturated carbocycles. The van der Waals surface area contributed by atoms with E-state index in [4.69, 9.17) is 4.74 Å². The van der Waals surface area contributed by atoms with Gasteiger partial charge in [-0.25, -0.2) is 0 Å². The summed E-state index contributed by atoms with van der Waals surface area (Å²) < 4.78 is 6.59. The Balaban J connectivity index is 2.52. The van der Waals surface area contributed by atoms with Gasteiger partial charge in [-0.1, -0.05) is 11.8 Å². The summed E-state index contributed by atoms with van der Waals surface area (Å²) in [7, 11) is 0. The van der Waals surface area contributed by atoms with Gasteiger partial charge in [0.1, 0.15) is 11.7 Å². The van der Waals surface area contributed by atoms with E-state index in [2.05, 4.69) is 34.7 Å². The van der Waals surface area contributed by atoms with Crippen LogP contribution in [-0.4, -0.2) is 5.94 Å². The van der Waals surface area contributed by atoms with Gasteiger partial charge in [-0.3, -0.25) is 0 Å². The average molecular weight is 264 g/mol. The smallest absolute Gasteiger partial charge is 0.138 e. The summed E-state index contributed by atoms with van der Waals surface area (Å²) in [6.07, 6.45) is 0. The fourth-order valence-corrected chi connectivity index (χ4v) is 2.37. The van der Waals surface area contributed by atoms with E-state index in [1.807, 2.05) is 6.07 Å². The zero-order valence-corrected chi connectivity index (χ0v) is 8.11. The molecule has 1 aliphatic rings. The maximum Gasteiger partial charge on any atom is 0.138 e. The molecule has 0 saturated heterocycles. The predicted octanol–water partition coefficient (Wildman–Crippen LogP) is 2.73. The lowest BCUT2D eigenvalue weighted by molar-refractivity contribution is 0.397. The summed E-state index contributed by atoms with van der Waals surface area (Å²) in [6, 6.07) is 6.23. The Bertz CT molecular complexity index is 262. The number of fused-ring (bicyclic) bond motifs is 1. The molecular formula is C7H5IOS. The van der Waals surface area contributed by atoms with Crippen LogP contribution in [0.2, 0.25) is 0 Å². The van der Waals surface area contributed by atoms with E-state index in [-0.39, 0.29) is 0 Å². The highest BCUT2D eigenvalue weighted by molar-refractivity contribution is 14.1. The molecule has 52 valence electrons. The summed E-state index contributed by atoms with van der Waals surface area (Å²) >= 11 is 4.06. The van der Waals surface area contributed by atoms with Gasteiger partial charge in [-0.05, 0) is 40.8 Å². The van der Waals surface area contributed by atoms with Crippen molar-refractivity contribution < 1.29 is 4.74 Å². The van der Waals surface area contributed by atoms with Gasteiger partial charge in [-0.2, -0.15) is 0 Å². The lowest BCUT2D eigenvalue weighted by Gasteiger charge is -1.95. The lowest BCUT2D eigenvalue weighted by atomic mass is 10.3. The highest BCUT2D eigenvalue weighted by Crippen LogP contribution is 2.36. The molecule has 1 aliphatic heterocycles. The van der Waals surface area contributed by atoms with Crippen LogP contribution in [0.4, 0.5) is 0 Å². The molecule has 1 nitrogen and oxygen atoms in total. The van der Waals surface area contributed by atoms with Crippen molar-refractivity contribution in [2.75, 3.05) is 5.94 Å². The molecule has 0 unspecified atom stereocenters. The summed E-state index contributed by atoms with van der Waals surface area (Å²) in [5, 5.41) is 0. The second-order valence-corrected chi connectivity index (χ2v) is 4.21. The summed E-state index contributed by atoms with van der Waals surface area (Å²) in [5.41, 5.74) is 0. The molecule has 0 radical (unpaired) electrons. The minimum Gasteiger partial charge on any atom is -0.481 e. The number of halogens is 1. The van der Waals surface area contributed by atoms with Crippen LogP contribution in [0.15, 0.2) is 23.1 Å². The van der Waals surface area contributed by atoms with Crippen LogP contribution < -0.4 is 4.74 Å². The lowest BCUT2D eigenvalue weighted by Crippen LogP contribution is -1.81. The van der Waals surface area contributed by atoms with Crippen LogP contribution in [0.3, 0.4) is 0 Å². The van der Waals surface area contributed by atoms with Crippen molar-refractivity contribution in [3.63, 3.8) is 0 Å². The SMILES string of the molecule is Ic1ccc2c(c1)SCO2. The van der Waals surface area contributed by atoms with Gasteiger partial charge in [-0.15, -0.1) is 0 Å². The largest absolute Gasteiger partial charge is 0.481 e. The normalized spacial score (nSPS) is 14.5. The maximum absolute atomic E-state index is 5.31. The molecule has 0 aliphatic carbocycles. The molecule has 1 heterocycles. The Morgan fingerprint density at radius 3 is 3.30 bits per heavy atom. The van der Waals surface area contributed by atoms with E-state index in [0.29, 0.717) is 0 Å². The molecular weight excluding hydrogens is 259 g/mol. The Kier molecular flexibility index (Phi) is 1.78. The minimum absolute atomic E-state index is 0.773. The van der Waals surface area contributed by atoms with Crippen molar-refractivity contribution in [3.8, 4) is 5.75 Å². The third kappa shape index (κ3) is 1.12. The molecule has 0 amide bonds. The fraction of sp³-hybridized carbons (Fsp3) is 0.143. The standard InChI is InChI=1S/C7H5IOS/c8-5-1-2-6-7(3-5)10-4-9-6/h1-3H,4H2. The Morgan fingerprint density at radius 1 is 1.50 bits per heavy atom. The van der Waals surface area contributed by atoms with Crippen LogP contribution >= 0.6 is 34.4 Å². The average Bonchev–Trinajstić information content (AvgIpc) is 2.33.